The number of hydrogen-bond acceptors (Lipinski definition) is 4. The number of rotatable bonds is 3. The van der Waals surface area contributed by atoms with Crippen LogP contribution in [0.4, 0.5) is 5.82 Å². The van der Waals surface area contributed by atoms with Crippen LogP contribution in [0, 0.1) is 0 Å². The molecule has 2 aromatic heterocycles. The number of aromatic nitrogens is 4. The number of amides is 1. The van der Waals surface area contributed by atoms with Crippen molar-refractivity contribution in [3.8, 4) is 0 Å². The summed E-state index contributed by atoms with van der Waals surface area (Å²) < 4.78 is 1.86. The van der Waals surface area contributed by atoms with Gasteiger partial charge in [-0.1, -0.05) is 30.3 Å². The molecular formula is C14H12ClN5O. The average Bonchev–Trinajstić information content (AvgIpc) is 2.82. The topological polar surface area (TPSA) is 72.7 Å². The number of benzene rings is 1. The molecule has 0 saturated heterocycles. The Labute approximate surface area is 125 Å². The Morgan fingerprint density at radius 2 is 2.05 bits per heavy atom. The number of halogens is 1. The van der Waals surface area contributed by atoms with Crippen molar-refractivity contribution < 1.29 is 4.79 Å². The molecule has 0 unspecified atom stereocenters. The van der Waals surface area contributed by atoms with Crippen molar-refractivity contribution in [2.45, 2.75) is 13.5 Å². The number of hydrogen-bond donors (Lipinski definition) is 1. The van der Waals surface area contributed by atoms with Crippen LogP contribution in [-0.4, -0.2) is 25.4 Å². The summed E-state index contributed by atoms with van der Waals surface area (Å²) in [6.45, 7) is 2.02. The Bertz CT molecular complexity index is 800. The van der Waals surface area contributed by atoms with Gasteiger partial charge in [0, 0.05) is 6.92 Å². The van der Waals surface area contributed by atoms with Crippen molar-refractivity contribution in [1.82, 2.24) is 19.5 Å². The summed E-state index contributed by atoms with van der Waals surface area (Å²) in [7, 11) is 0. The molecule has 21 heavy (non-hydrogen) atoms. The van der Waals surface area contributed by atoms with Gasteiger partial charge in [-0.25, -0.2) is 4.98 Å². The lowest BCUT2D eigenvalue weighted by molar-refractivity contribution is -0.114. The van der Waals surface area contributed by atoms with Gasteiger partial charge in [-0.3, -0.25) is 4.79 Å². The van der Waals surface area contributed by atoms with Gasteiger partial charge in [0.1, 0.15) is 0 Å². The fraction of sp³-hybridized carbons (Fsp3) is 0.143. The molecule has 3 aromatic rings. The lowest BCUT2D eigenvalue weighted by Gasteiger charge is -2.05. The van der Waals surface area contributed by atoms with E-state index in [9.17, 15) is 4.79 Å². The van der Waals surface area contributed by atoms with Crippen molar-refractivity contribution in [2.24, 2.45) is 0 Å². The minimum Gasteiger partial charge on any atom is -0.311 e. The molecule has 1 aromatic carbocycles. The maximum absolute atomic E-state index is 11.2. The molecule has 0 aliphatic rings. The molecule has 0 aliphatic heterocycles. The van der Waals surface area contributed by atoms with E-state index in [2.05, 4.69) is 20.3 Å². The van der Waals surface area contributed by atoms with Gasteiger partial charge in [-0.2, -0.15) is 9.97 Å². The molecule has 3 rings (SSSR count). The lowest BCUT2D eigenvalue weighted by atomic mass is 10.2. The maximum Gasteiger partial charge on any atom is 0.226 e. The summed E-state index contributed by atoms with van der Waals surface area (Å²) in [5, 5.41) is 2.69. The van der Waals surface area contributed by atoms with E-state index in [4.69, 9.17) is 11.6 Å². The Morgan fingerprint density at radius 3 is 2.76 bits per heavy atom. The second kappa shape index (κ2) is 5.49. The molecule has 0 saturated carbocycles. The van der Waals surface area contributed by atoms with Gasteiger partial charge in [0.2, 0.25) is 11.2 Å². The Hall–Kier alpha value is -2.47. The summed E-state index contributed by atoms with van der Waals surface area (Å²) in [5.41, 5.74) is 2.22. The predicted molar refractivity (Wildman–Crippen MR) is 80.2 cm³/mol. The van der Waals surface area contributed by atoms with Crippen LogP contribution in [0.1, 0.15) is 12.5 Å². The number of nitrogens with zero attached hydrogens (tertiary/aromatic N) is 4. The molecule has 1 amide bonds. The van der Waals surface area contributed by atoms with Crippen LogP contribution in [0.15, 0.2) is 36.7 Å². The predicted octanol–water partition coefficient (Wildman–Crippen LogP) is 2.49. The molecule has 1 N–H and O–H groups in total. The third-order valence-corrected chi connectivity index (χ3v) is 3.10. The Kier molecular flexibility index (Phi) is 3.53. The maximum atomic E-state index is 11.2. The van der Waals surface area contributed by atoms with E-state index in [1.165, 1.54) is 6.92 Å². The average molecular weight is 302 g/mol. The highest BCUT2D eigenvalue weighted by Gasteiger charge is 2.13. The summed E-state index contributed by atoms with van der Waals surface area (Å²) >= 11 is 5.92. The molecular weight excluding hydrogens is 290 g/mol. The lowest BCUT2D eigenvalue weighted by Crippen LogP contribution is -2.09. The second-order valence-electron chi connectivity index (χ2n) is 4.55. The van der Waals surface area contributed by atoms with Crippen molar-refractivity contribution in [3.05, 3.63) is 47.5 Å². The quantitative estimate of drug-likeness (QED) is 0.754. The highest BCUT2D eigenvalue weighted by molar-refractivity contribution is 6.28. The van der Waals surface area contributed by atoms with Crippen molar-refractivity contribution >= 4 is 34.5 Å². The summed E-state index contributed by atoms with van der Waals surface area (Å²) in [5.74, 6) is 0.0907. The van der Waals surface area contributed by atoms with E-state index < -0.39 is 0 Å². The third kappa shape index (κ3) is 2.85. The van der Waals surface area contributed by atoms with E-state index in [1.54, 1.807) is 6.33 Å². The van der Waals surface area contributed by atoms with E-state index in [0.29, 0.717) is 23.5 Å². The van der Waals surface area contributed by atoms with Crippen LogP contribution < -0.4 is 5.32 Å². The number of carbonyl (C=O) groups excluding carboxylic acids is 1. The highest BCUT2D eigenvalue weighted by atomic mass is 35.5. The smallest absolute Gasteiger partial charge is 0.226 e. The number of nitrogens with one attached hydrogen (secondary N) is 1. The summed E-state index contributed by atoms with van der Waals surface area (Å²) in [4.78, 5) is 23.7. The zero-order valence-corrected chi connectivity index (χ0v) is 12.0. The van der Waals surface area contributed by atoms with Gasteiger partial charge < -0.3 is 9.88 Å². The van der Waals surface area contributed by atoms with Crippen LogP contribution in [0.5, 0.6) is 0 Å². The molecule has 0 spiro atoms. The SMILES string of the molecule is CC(=O)Nc1nc(Cl)nc2c1ncn2Cc1ccccc1. The molecule has 0 bridgehead atoms. The molecule has 0 radical (unpaired) electrons. The number of anilines is 1. The molecule has 0 fully saturated rings. The fourth-order valence-electron chi connectivity index (χ4n) is 2.07. The van der Waals surface area contributed by atoms with Gasteiger partial charge in [0.15, 0.2) is 17.0 Å². The van der Waals surface area contributed by atoms with Crippen LogP contribution in [0.25, 0.3) is 11.2 Å². The van der Waals surface area contributed by atoms with E-state index >= 15 is 0 Å². The monoisotopic (exact) mass is 301 g/mol. The van der Waals surface area contributed by atoms with Crippen LogP contribution in [0.2, 0.25) is 5.28 Å². The standard InChI is InChI=1S/C14H12ClN5O/c1-9(21)17-12-11-13(19-14(15)18-12)20(8-16-11)7-10-5-3-2-4-6-10/h2-6,8H,7H2,1H3,(H,17,18,19,21). The second-order valence-corrected chi connectivity index (χ2v) is 4.89. The number of fused-ring (bicyclic) bond motifs is 1. The summed E-state index contributed by atoms with van der Waals surface area (Å²) in [6, 6.07) is 9.94. The van der Waals surface area contributed by atoms with Crippen LogP contribution >= 0.6 is 11.6 Å². The van der Waals surface area contributed by atoms with Gasteiger partial charge in [-0.15, -0.1) is 0 Å². The molecule has 0 aliphatic carbocycles. The first-order chi connectivity index (χ1) is 10.1. The van der Waals surface area contributed by atoms with Crippen LogP contribution in [0.3, 0.4) is 0 Å². The van der Waals surface area contributed by atoms with Crippen molar-refractivity contribution in [3.63, 3.8) is 0 Å². The highest BCUT2D eigenvalue weighted by Crippen LogP contribution is 2.21. The van der Waals surface area contributed by atoms with E-state index in [1.807, 2.05) is 34.9 Å². The van der Waals surface area contributed by atoms with Crippen LogP contribution in [-0.2, 0) is 11.3 Å². The Balaban J connectivity index is 2.05. The van der Waals surface area contributed by atoms with Gasteiger partial charge in [-0.05, 0) is 17.2 Å². The summed E-state index contributed by atoms with van der Waals surface area (Å²) in [6.07, 6.45) is 1.66. The fourth-order valence-corrected chi connectivity index (χ4v) is 2.23. The minimum atomic E-state index is -0.233. The number of imidazole rings is 1. The first kappa shape index (κ1) is 13.5. The van der Waals surface area contributed by atoms with Gasteiger partial charge in [0.05, 0.1) is 12.9 Å². The minimum absolute atomic E-state index is 0.0704. The normalized spacial score (nSPS) is 10.8. The van der Waals surface area contributed by atoms with Gasteiger partial charge in [0.25, 0.3) is 0 Å². The van der Waals surface area contributed by atoms with Crippen molar-refractivity contribution in [1.29, 1.82) is 0 Å². The van der Waals surface area contributed by atoms with E-state index in [0.717, 1.165) is 5.56 Å². The molecule has 6 nitrogen and oxygen atoms in total. The Morgan fingerprint density at radius 1 is 1.29 bits per heavy atom. The zero-order chi connectivity index (χ0) is 14.8. The molecule has 106 valence electrons. The largest absolute Gasteiger partial charge is 0.311 e. The first-order valence-electron chi connectivity index (χ1n) is 6.33. The zero-order valence-electron chi connectivity index (χ0n) is 11.2. The molecule has 2 heterocycles. The van der Waals surface area contributed by atoms with E-state index in [-0.39, 0.29) is 11.2 Å². The third-order valence-electron chi connectivity index (χ3n) is 2.93. The van der Waals surface area contributed by atoms with Gasteiger partial charge >= 0.3 is 0 Å². The number of carbonyl (C=O) groups is 1. The molecule has 7 heteroatoms. The van der Waals surface area contributed by atoms with Crippen molar-refractivity contribution in [2.75, 3.05) is 5.32 Å². The first-order valence-corrected chi connectivity index (χ1v) is 6.71. The molecule has 0 atom stereocenters.